The second-order valence-corrected chi connectivity index (χ2v) is 8.06. The minimum Gasteiger partial charge on any atom is -0.493 e. The van der Waals surface area contributed by atoms with Gasteiger partial charge in [0.2, 0.25) is 0 Å². The van der Waals surface area contributed by atoms with Crippen LogP contribution in [0.3, 0.4) is 0 Å². The predicted octanol–water partition coefficient (Wildman–Crippen LogP) is 2.94. The number of sulfonamides is 1. The summed E-state index contributed by atoms with van der Waals surface area (Å²) in [7, 11) is -1.12. The molecule has 0 spiro atoms. The Morgan fingerprint density at radius 2 is 1.82 bits per heavy atom. The van der Waals surface area contributed by atoms with Crippen molar-refractivity contribution in [2.45, 2.75) is 17.7 Å². The lowest BCUT2D eigenvalue weighted by Crippen LogP contribution is -2.35. The highest BCUT2D eigenvalue weighted by Gasteiger charge is 2.31. The summed E-state index contributed by atoms with van der Waals surface area (Å²) < 4.78 is 38.9. The van der Waals surface area contributed by atoms with Crippen molar-refractivity contribution in [1.29, 1.82) is 0 Å². The molecule has 0 bridgehead atoms. The zero-order valence-corrected chi connectivity index (χ0v) is 16.4. The average Bonchev–Trinajstić information content (AvgIpc) is 2.70. The van der Waals surface area contributed by atoms with Crippen LogP contribution in [0.15, 0.2) is 47.4 Å². The first-order valence-electron chi connectivity index (χ1n) is 8.66. The van der Waals surface area contributed by atoms with Crippen molar-refractivity contribution in [3.8, 4) is 11.5 Å². The maximum Gasteiger partial charge on any atom is 0.328 e. The molecule has 3 rings (SSSR count). The molecule has 1 aliphatic rings. The standard InChI is InChI=1S/C20H21NO6S/c1-26-17-12-15(9-10-20(22)23)19(13-18(17)27-2)28(24,25)21-11-5-7-14-6-3-4-8-16(14)21/h3-4,6,8-10,12-13H,5,7,11H2,1-2H3,(H,22,23). The highest BCUT2D eigenvalue weighted by Crippen LogP contribution is 2.38. The van der Waals surface area contributed by atoms with Crippen LogP contribution in [0, 0.1) is 0 Å². The number of carbonyl (C=O) groups is 1. The van der Waals surface area contributed by atoms with E-state index in [1.54, 1.807) is 12.1 Å². The summed E-state index contributed by atoms with van der Waals surface area (Å²) >= 11 is 0. The van der Waals surface area contributed by atoms with Gasteiger partial charge in [-0.15, -0.1) is 0 Å². The first-order valence-corrected chi connectivity index (χ1v) is 10.1. The van der Waals surface area contributed by atoms with Crippen molar-refractivity contribution in [2.24, 2.45) is 0 Å². The molecule has 28 heavy (non-hydrogen) atoms. The van der Waals surface area contributed by atoms with E-state index in [1.807, 2.05) is 12.1 Å². The number of aryl methyl sites for hydroxylation is 1. The highest BCUT2D eigenvalue weighted by molar-refractivity contribution is 7.93. The maximum absolute atomic E-state index is 13.5. The van der Waals surface area contributed by atoms with Crippen molar-refractivity contribution in [3.05, 3.63) is 53.6 Å². The summed E-state index contributed by atoms with van der Waals surface area (Å²) in [5, 5.41) is 8.97. The van der Waals surface area contributed by atoms with Crippen LogP contribution >= 0.6 is 0 Å². The third-order valence-corrected chi connectivity index (χ3v) is 6.43. The molecule has 0 saturated heterocycles. The minimum atomic E-state index is -3.96. The number of carboxylic acids is 1. The maximum atomic E-state index is 13.5. The molecule has 0 fully saturated rings. The molecule has 0 saturated carbocycles. The topological polar surface area (TPSA) is 93.1 Å². The van der Waals surface area contributed by atoms with Gasteiger partial charge in [0.15, 0.2) is 11.5 Å². The van der Waals surface area contributed by atoms with Gasteiger partial charge in [-0.2, -0.15) is 0 Å². The molecule has 2 aromatic rings. The number of methoxy groups -OCH3 is 2. The first-order chi connectivity index (χ1) is 13.4. The normalized spacial score (nSPS) is 14.0. The lowest BCUT2D eigenvalue weighted by Gasteiger charge is -2.31. The number of ether oxygens (including phenoxy) is 2. The van der Waals surface area contributed by atoms with Gasteiger partial charge in [0.05, 0.1) is 24.8 Å². The van der Waals surface area contributed by atoms with Gasteiger partial charge in [0, 0.05) is 18.7 Å². The van der Waals surface area contributed by atoms with Gasteiger partial charge in [-0.3, -0.25) is 4.31 Å². The second-order valence-electron chi connectivity index (χ2n) is 6.23. The van der Waals surface area contributed by atoms with Gasteiger partial charge in [0.25, 0.3) is 10.0 Å². The molecule has 8 heteroatoms. The van der Waals surface area contributed by atoms with Crippen molar-refractivity contribution in [1.82, 2.24) is 0 Å². The summed E-state index contributed by atoms with van der Waals surface area (Å²) in [6.07, 6.45) is 3.64. The molecule has 0 amide bonds. The molecule has 0 atom stereocenters. The van der Waals surface area contributed by atoms with Gasteiger partial charge in [-0.05, 0) is 42.2 Å². The number of aliphatic carboxylic acids is 1. The summed E-state index contributed by atoms with van der Waals surface area (Å²) in [4.78, 5) is 10.9. The van der Waals surface area contributed by atoms with Crippen molar-refractivity contribution in [3.63, 3.8) is 0 Å². The van der Waals surface area contributed by atoms with Crippen molar-refractivity contribution >= 4 is 27.8 Å². The van der Waals surface area contributed by atoms with Crippen LogP contribution in [0.2, 0.25) is 0 Å². The number of hydrogen-bond donors (Lipinski definition) is 1. The number of hydrogen-bond acceptors (Lipinski definition) is 5. The van der Waals surface area contributed by atoms with Crippen LogP contribution in [0.25, 0.3) is 6.08 Å². The van der Waals surface area contributed by atoms with E-state index >= 15 is 0 Å². The molecule has 0 unspecified atom stereocenters. The third kappa shape index (κ3) is 3.68. The Bertz CT molecular complexity index is 1030. The second kappa shape index (κ2) is 7.93. The SMILES string of the molecule is COc1cc(C=CC(=O)O)c(S(=O)(=O)N2CCCc3ccccc32)cc1OC. The molecular formula is C20H21NO6S. The fourth-order valence-electron chi connectivity index (χ4n) is 3.26. The van der Waals surface area contributed by atoms with Crippen molar-refractivity contribution in [2.75, 3.05) is 25.1 Å². The Balaban J connectivity index is 2.20. The average molecular weight is 403 g/mol. The molecule has 0 aliphatic carbocycles. The summed E-state index contributed by atoms with van der Waals surface area (Å²) in [6, 6.07) is 10.2. The lowest BCUT2D eigenvalue weighted by atomic mass is 10.0. The molecule has 2 aromatic carbocycles. The first kappa shape index (κ1) is 19.8. The number of para-hydroxylation sites is 1. The number of rotatable bonds is 6. The quantitative estimate of drug-likeness (QED) is 0.746. The molecule has 0 radical (unpaired) electrons. The van der Waals surface area contributed by atoms with Gasteiger partial charge in [-0.25, -0.2) is 13.2 Å². The van der Waals surface area contributed by atoms with Crippen LogP contribution in [-0.4, -0.2) is 40.3 Å². The number of carboxylic acid groups (broad SMARTS) is 1. The minimum absolute atomic E-state index is 0.0423. The molecule has 7 nitrogen and oxygen atoms in total. The van der Waals surface area contributed by atoms with Gasteiger partial charge < -0.3 is 14.6 Å². The van der Waals surface area contributed by atoms with E-state index in [4.69, 9.17) is 14.6 Å². The van der Waals surface area contributed by atoms with Gasteiger partial charge >= 0.3 is 5.97 Å². The van der Waals surface area contributed by atoms with Gasteiger partial charge in [0.1, 0.15) is 0 Å². The van der Waals surface area contributed by atoms with E-state index in [2.05, 4.69) is 0 Å². The summed E-state index contributed by atoms with van der Waals surface area (Å²) in [5.41, 5.74) is 1.81. The molecule has 1 heterocycles. The molecule has 1 N–H and O–H groups in total. The van der Waals surface area contributed by atoms with E-state index < -0.39 is 16.0 Å². The Labute approximate surface area is 163 Å². The number of anilines is 1. The van der Waals surface area contributed by atoms with E-state index in [9.17, 15) is 13.2 Å². The Kier molecular flexibility index (Phi) is 5.60. The van der Waals surface area contributed by atoms with Crippen LogP contribution in [0.1, 0.15) is 17.5 Å². The molecular weight excluding hydrogens is 382 g/mol. The van der Waals surface area contributed by atoms with Crippen LogP contribution in [0.4, 0.5) is 5.69 Å². The molecule has 1 aliphatic heterocycles. The summed E-state index contributed by atoms with van der Waals surface area (Å²) in [6.45, 7) is 0.343. The fraction of sp³-hybridized carbons (Fsp3) is 0.250. The van der Waals surface area contributed by atoms with E-state index in [0.29, 0.717) is 24.4 Å². The Morgan fingerprint density at radius 1 is 1.14 bits per heavy atom. The highest BCUT2D eigenvalue weighted by atomic mass is 32.2. The van der Waals surface area contributed by atoms with Crippen LogP contribution < -0.4 is 13.8 Å². The predicted molar refractivity (Wildman–Crippen MR) is 106 cm³/mol. The van der Waals surface area contributed by atoms with Crippen molar-refractivity contribution < 1.29 is 27.8 Å². The molecule has 148 valence electrons. The zero-order chi connectivity index (χ0) is 20.3. The smallest absolute Gasteiger partial charge is 0.328 e. The monoisotopic (exact) mass is 403 g/mol. The summed E-state index contributed by atoms with van der Waals surface area (Å²) in [5.74, 6) is -0.620. The Hall–Kier alpha value is -3.00. The zero-order valence-electron chi connectivity index (χ0n) is 15.6. The number of fused-ring (bicyclic) bond motifs is 1. The van der Waals surface area contributed by atoms with E-state index in [0.717, 1.165) is 18.1 Å². The molecule has 0 aromatic heterocycles. The van der Waals surface area contributed by atoms with Crippen LogP contribution in [-0.2, 0) is 21.2 Å². The third-order valence-electron chi connectivity index (χ3n) is 4.56. The number of benzene rings is 2. The number of nitrogens with zero attached hydrogens (tertiary/aromatic N) is 1. The largest absolute Gasteiger partial charge is 0.493 e. The lowest BCUT2D eigenvalue weighted by molar-refractivity contribution is -0.131. The van der Waals surface area contributed by atoms with Gasteiger partial charge in [-0.1, -0.05) is 18.2 Å². The van der Waals surface area contributed by atoms with E-state index in [1.165, 1.54) is 36.7 Å². The Morgan fingerprint density at radius 3 is 2.50 bits per heavy atom. The van der Waals surface area contributed by atoms with Crippen LogP contribution in [0.5, 0.6) is 11.5 Å². The fourth-order valence-corrected chi connectivity index (χ4v) is 4.98. The van der Waals surface area contributed by atoms with E-state index in [-0.39, 0.29) is 16.2 Å².